The summed E-state index contributed by atoms with van der Waals surface area (Å²) in [7, 11) is 0. The molecule has 1 saturated heterocycles. The van der Waals surface area contributed by atoms with E-state index in [0.29, 0.717) is 40.9 Å². The lowest BCUT2D eigenvalue weighted by Gasteiger charge is -2.62. The summed E-state index contributed by atoms with van der Waals surface area (Å²) in [5, 5.41) is 8.16. The van der Waals surface area contributed by atoms with Crippen molar-refractivity contribution in [1.29, 1.82) is 0 Å². The number of piperazine rings is 1. The minimum Gasteiger partial charge on any atom is -0.353 e. The van der Waals surface area contributed by atoms with Crippen molar-refractivity contribution in [3.8, 4) is 0 Å². The van der Waals surface area contributed by atoms with Crippen LogP contribution in [-0.4, -0.2) is 57.1 Å². The summed E-state index contributed by atoms with van der Waals surface area (Å²) < 4.78 is 1.86. The number of fused-ring (bicyclic) bond motifs is 4. The van der Waals surface area contributed by atoms with Crippen molar-refractivity contribution in [3.05, 3.63) is 64.5 Å². The summed E-state index contributed by atoms with van der Waals surface area (Å²) in [5.74, 6) is 3.94. The van der Waals surface area contributed by atoms with Crippen LogP contribution in [0.2, 0.25) is 0 Å². The topological polar surface area (TPSA) is 87.4 Å². The summed E-state index contributed by atoms with van der Waals surface area (Å²) >= 11 is 0. The van der Waals surface area contributed by atoms with Crippen LogP contribution in [0, 0.1) is 23.2 Å². The van der Waals surface area contributed by atoms with Gasteiger partial charge in [-0.1, -0.05) is 26.8 Å². The van der Waals surface area contributed by atoms with Crippen LogP contribution in [-0.2, 0) is 6.54 Å². The quantitative estimate of drug-likeness (QED) is 0.363. The molecule has 0 amide bonds. The zero-order valence-corrected chi connectivity index (χ0v) is 24.8. The van der Waals surface area contributed by atoms with Crippen LogP contribution in [0.25, 0.3) is 10.9 Å². The summed E-state index contributed by atoms with van der Waals surface area (Å²) in [5.41, 5.74) is 3.01. The van der Waals surface area contributed by atoms with Crippen molar-refractivity contribution < 1.29 is 0 Å². The summed E-state index contributed by atoms with van der Waals surface area (Å²) in [6, 6.07) is 12.7. The maximum atomic E-state index is 13.6. The number of guanidine groups is 1. The zero-order chi connectivity index (χ0) is 28.3. The molecular formula is C33H43N7O. The number of nitrogens with zero attached hydrogens (tertiary/aromatic N) is 5. The van der Waals surface area contributed by atoms with E-state index in [1.807, 2.05) is 47.2 Å². The van der Waals surface area contributed by atoms with Crippen molar-refractivity contribution in [3.63, 3.8) is 0 Å². The molecule has 0 radical (unpaired) electrons. The van der Waals surface area contributed by atoms with Gasteiger partial charge in [0.25, 0.3) is 5.56 Å². The molecule has 1 unspecified atom stereocenters. The lowest BCUT2D eigenvalue weighted by Crippen LogP contribution is -2.63. The second kappa shape index (κ2) is 10.2. The van der Waals surface area contributed by atoms with Gasteiger partial charge in [0, 0.05) is 44.5 Å². The normalized spacial score (nSPS) is 30.9. The highest BCUT2D eigenvalue weighted by atomic mass is 16.1. The molecule has 5 aliphatic rings. The molecule has 4 heterocycles. The number of aliphatic imine (C=N–C) groups is 1. The lowest BCUT2D eigenvalue weighted by molar-refractivity contribution is -0.112. The van der Waals surface area contributed by atoms with Gasteiger partial charge < -0.3 is 15.5 Å². The molecule has 1 aromatic carbocycles. The number of pyridine rings is 1. The molecule has 3 aliphatic carbocycles. The van der Waals surface area contributed by atoms with Crippen LogP contribution in [0.1, 0.15) is 70.8 Å². The Kier molecular flexibility index (Phi) is 6.64. The van der Waals surface area contributed by atoms with Crippen molar-refractivity contribution in [2.24, 2.45) is 28.2 Å². The Hall–Kier alpha value is -3.26. The Morgan fingerprint density at radius 2 is 2.02 bits per heavy atom. The molecule has 2 aliphatic heterocycles. The van der Waals surface area contributed by atoms with Gasteiger partial charge in [0.1, 0.15) is 5.82 Å². The number of hydrogen-bond acceptors (Lipinski definition) is 5. The van der Waals surface area contributed by atoms with Crippen molar-refractivity contribution in [1.82, 2.24) is 30.1 Å². The van der Waals surface area contributed by atoms with Gasteiger partial charge >= 0.3 is 0 Å². The van der Waals surface area contributed by atoms with Crippen LogP contribution >= 0.6 is 0 Å². The fourth-order valence-corrected chi connectivity index (χ4v) is 8.17. The average Bonchev–Trinajstić information content (AvgIpc) is 2.97. The largest absolute Gasteiger partial charge is 0.353 e. The number of hydrogen-bond donors (Lipinski definition) is 2. The SMILES string of the molecule is C[C@H]1[C@@H](NC(=Nc2ccc3c(=O)n4c(nc3c2)C(c2ccccn2)CCC4)N2CCN[C@@H](C)C2)C[C@H]2C[C@H]1C2(C)C. The van der Waals surface area contributed by atoms with Gasteiger partial charge in [0.15, 0.2) is 5.96 Å². The van der Waals surface area contributed by atoms with E-state index < -0.39 is 0 Å². The Morgan fingerprint density at radius 3 is 2.78 bits per heavy atom. The Balaban J connectivity index is 1.25. The second-order valence-electron chi connectivity index (χ2n) is 13.5. The molecule has 0 spiro atoms. The smallest absolute Gasteiger partial charge is 0.261 e. The third kappa shape index (κ3) is 4.64. The highest BCUT2D eigenvalue weighted by Gasteiger charge is 2.56. The van der Waals surface area contributed by atoms with Crippen molar-refractivity contribution >= 4 is 22.5 Å². The standard InChI is InChI=1S/C33H43N7O/c1-20-19-39(15-13-34-20)32(38-28-17-22-16-26(21(28)2)33(22,3)4)36-23-10-11-25-29(18-23)37-30-24(27-9-5-6-12-35-27)8-7-14-40(30)31(25)41/h5-6,9-12,18,20-22,24,26,28,34H,7-8,13-17,19H2,1-4H3,(H,36,38)/t20-,21+,22+,24?,26+,28-/m0/s1. The first-order valence-corrected chi connectivity index (χ1v) is 15.6. The van der Waals surface area contributed by atoms with Crippen molar-refractivity contribution in [2.75, 3.05) is 19.6 Å². The summed E-state index contributed by atoms with van der Waals surface area (Å²) in [6.45, 7) is 13.0. The number of aromatic nitrogens is 3. The van der Waals surface area contributed by atoms with E-state index in [2.05, 4.69) is 48.2 Å². The molecule has 4 fully saturated rings. The Labute approximate surface area is 242 Å². The molecule has 216 valence electrons. The van der Waals surface area contributed by atoms with Crippen molar-refractivity contribution in [2.45, 2.75) is 77.9 Å². The van der Waals surface area contributed by atoms with E-state index in [1.54, 1.807) is 0 Å². The molecule has 6 atom stereocenters. The fourth-order valence-electron chi connectivity index (χ4n) is 8.17. The predicted octanol–water partition coefficient (Wildman–Crippen LogP) is 4.66. The first-order valence-electron chi connectivity index (χ1n) is 15.6. The highest BCUT2D eigenvalue weighted by Crippen LogP contribution is 2.61. The van der Waals surface area contributed by atoms with Gasteiger partial charge in [-0.3, -0.25) is 14.3 Å². The summed E-state index contributed by atoms with van der Waals surface area (Å²) in [6.07, 6.45) is 6.27. The van der Waals surface area contributed by atoms with E-state index in [1.165, 1.54) is 12.8 Å². The van der Waals surface area contributed by atoms with E-state index in [4.69, 9.17) is 9.98 Å². The van der Waals surface area contributed by atoms with Gasteiger partial charge in [-0.15, -0.1) is 0 Å². The predicted molar refractivity (Wildman–Crippen MR) is 164 cm³/mol. The minimum atomic E-state index is 0.0252. The molecule has 3 saturated carbocycles. The molecule has 3 aromatic rings. The molecule has 2 bridgehead atoms. The third-order valence-electron chi connectivity index (χ3n) is 10.8. The molecule has 8 rings (SSSR count). The molecule has 2 aromatic heterocycles. The van der Waals surface area contributed by atoms with Gasteiger partial charge in [0.05, 0.1) is 28.2 Å². The van der Waals surface area contributed by atoms with Gasteiger partial charge in [-0.05, 0) is 86.1 Å². The van der Waals surface area contributed by atoms with Gasteiger partial charge in [-0.25, -0.2) is 9.98 Å². The lowest BCUT2D eigenvalue weighted by atomic mass is 9.45. The van der Waals surface area contributed by atoms with Crippen LogP contribution in [0.15, 0.2) is 52.4 Å². The molecule has 8 nitrogen and oxygen atoms in total. The third-order valence-corrected chi connectivity index (χ3v) is 10.8. The van der Waals surface area contributed by atoms with Gasteiger partial charge in [0.2, 0.25) is 0 Å². The maximum Gasteiger partial charge on any atom is 0.261 e. The molecule has 8 heteroatoms. The maximum absolute atomic E-state index is 13.6. The van der Waals surface area contributed by atoms with E-state index >= 15 is 0 Å². The average molecular weight is 554 g/mol. The molecule has 2 N–H and O–H groups in total. The monoisotopic (exact) mass is 553 g/mol. The highest BCUT2D eigenvalue weighted by molar-refractivity contribution is 5.86. The van der Waals surface area contributed by atoms with Crippen LogP contribution in [0.3, 0.4) is 0 Å². The van der Waals surface area contributed by atoms with E-state index in [-0.39, 0.29) is 11.5 Å². The van der Waals surface area contributed by atoms with Crippen LogP contribution in [0.4, 0.5) is 5.69 Å². The summed E-state index contributed by atoms with van der Waals surface area (Å²) in [4.78, 5) is 30.9. The van der Waals surface area contributed by atoms with Crippen LogP contribution < -0.4 is 16.2 Å². The van der Waals surface area contributed by atoms with Crippen LogP contribution in [0.5, 0.6) is 0 Å². The Bertz CT molecular complexity index is 1530. The second-order valence-corrected chi connectivity index (χ2v) is 13.5. The number of benzene rings is 1. The van der Waals surface area contributed by atoms with E-state index in [0.717, 1.165) is 67.5 Å². The molecular weight excluding hydrogens is 510 g/mol. The fraction of sp³-hybridized carbons (Fsp3) is 0.576. The number of rotatable bonds is 3. The molecule has 41 heavy (non-hydrogen) atoms. The van der Waals surface area contributed by atoms with E-state index in [9.17, 15) is 4.79 Å². The number of nitrogens with one attached hydrogen (secondary N) is 2. The Morgan fingerprint density at radius 1 is 1.15 bits per heavy atom. The minimum absolute atomic E-state index is 0.0252. The first-order chi connectivity index (χ1) is 19.8. The van der Waals surface area contributed by atoms with Gasteiger partial charge in [-0.2, -0.15) is 0 Å². The first kappa shape index (κ1) is 26.6. The zero-order valence-electron chi connectivity index (χ0n) is 24.8.